The normalized spacial score (nSPS) is 12.6. The van der Waals surface area contributed by atoms with Crippen LogP contribution in [0.5, 0.6) is 0 Å². The van der Waals surface area contributed by atoms with Gasteiger partial charge in [-0.25, -0.2) is 0 Å². The van der Waals surface area contributed by atoms with Crippen LogP contribution in [-0.4, -0.2) is 44.9 Å². The molecule has 4 N–H and O–H groups in total. The molecular formula is C12H16N4O2. The van der Waals surface area contributed by atoms with E-state index in [9.17, 15) is 5.11 Å². The van der Waals surface area contributed by atoms with Gasteiger partial charge in [0, 0.05) is 18.7 Å². The molecule has 0 spiro atoms. The molecule has 1 unspecified atom stereocenters. The summed E-state index contributed by atoms with van der Waals surface area (Å²) >= 11 is 0. The molecule has 0 bridgehead atoms. The Morgan fingerprint density at radius 2 is 2.00 bits per heavy atom. The first-order valence-corrected chi connectivity index (χ1v) is 5.76. The number of nitrogens with one attached hydrogen (secondary N) is 2. The van der Waals surface area contributed by atoms with Crippen molar-refractivity contribution < 1.29 is 10.2 Å². The van der Waals surface area contributed by atoms with Crippen LogP contribution < -0.4 is 5.32 Å². The van der Waals surface area contributed by atoms with Crippen molar-refractivity contribution in [3.63, 3.8) is 0 Å². The summed E-state index contributed by atoms with van der Waals surface area (Å²) in [6.07, 6.45) is -0.753. The van der Waals surface area contributed by atoms with Crippen molar-refractivity contribution in [2.75, 3.05) is 13.2 Å². The maximum Gasteiger partial charge on any atom is 0.117 e. The van der Waals surface area contributed by atoms with Gasteiger partial charge in [0.2, 0.25) is 0 Å². The van der Waals surface area contributed by atoms with Crippen LogP contribution in [0.15, 0.2) is 30.3 Å². The molecule has 6 nitrogen and oxygen atoms in total. The number of nitrogens with zero attached hydrogens (tertiary/aromatic N) is 2. The van der Waals surface area contributed by atoms with E-state index in [0.29, 0.717) is 13.1 Å². The van der Waals surface area contributed by atoms with Gasteiger partial charge in [-0.05, 0) is 0 Å². The van der Waals surface area contributed by atoms with Crippen LogP contribution in [0.25, 0.3) is 11.3 Å². The van der Waals surface area contributed by atoms with E-state index >= 15 is 0 Å². The second kappa shape index (κ2) is 6.25. The number of aromatic nitrogens is 3. The zero-order chi connectivity index (χ0) is 12.8. The van der Waals surface area contributed by atoms with Crippen molar-refractivity contribution in [2.24, 2.45) is 0 Å². The lowest BCUT2D eigenvalue weighted by Gasteiger charge is -2.07. The quantitative estimate of drug-likeness (QED) is 0.573. The van der Waals surface area contributed by atoms with Gasteiger partial charge in [-0.1, -0.05) is 30.3 Å². The molecule has 0 saturated heterocycles. The highest BCUT2D eigenvalue weighted by Gasteiger charge is 2.10. The third-order valence-electron chi connectivity index (χ3n) is 2.55. The minimum absolute atomic E-state index is 0.253. The van der Waals surface area contributed by atoms with Crippen molar-refractivity contribution in [3.8, 4) is 11.3 Å². The SMILES string of the molecule is OCC(O)CNCc1n[nH]nc1-c1ccccc1. The van der Waals surface area contributed by atoms with Gasteiger partial charge >= 0.3 is 0 Å². The average molecular weight is 248 g/mol. The summed E-state index contributed by atoms with van der Waals surface area (Å²) in [4.78, 5) is 0. The third kappa shape index (κ3) is 3.13. The van der Waals surface area contributed by atoms with Crippen molar-refractivity contribution >= 4 is 0 Å². The lowest BCUT2D eigenvalue weighted by molar-refractivity contribution is 0.0941. The number of aromatic amines is 1. The molecule has 0 aliphatic heterocycles. The molecule has 1 aromatic heterocycles. The zero-order valence-corrected chi connectivity index (χ0v) is 9.87. The van der Waals surface area contributed by atoms with Crippen molar-refractivity contribution in [1.29, 1.82) is 0 Å². The number of aliphatic hydroxyl groups is 2. The number of benzene rings is 1. The third-order valence-corrected chi connectivity index (χ3v) is 2.55. The molecule has 6 heteroatoms. The Hall–Kier alpha value is -1.76. The smallest absolute Gasteiger partial charge is 0.117 e. The van der Waals surface area contributed by atoms with Crippen LogP contribution in [0.4, 0.5) is 0 Å². The van der Waals surface area contributed by atoms with Crippen LogP contribution in [0, 0.1) is 0 Å². The van der Waals surface area contributed by atoms with E-state index in [0.717, 1.165) is 17.0 Å². The summed E-state index contributed by atoms with van der Waals surface area (Å²) in [5.74, 6) is 0. The van der Waals surface area contributed by atoms with Crippen molar-refractivity contribution in [1.82, 2.24) is 20.7 Å². The Morgan fingerprint density at radius 1 is 1.22 bits per heavy atom. The monoisotopic (exact) mass is 248 g/mol. The van der Waals surface area contributed by atoms with E-state index in [-0.39, 0.29) is 6.61 Å². The molecule has 2 rings (SSSR count). The molecule has 0 aliphatic rings. The van der Waals surface area contributed by atoms with E-state index in [4.69, 9.17) is 5.11 Å². The predicted molar refractivity (Wildman–Crippen MR) is 66.6 cm³/mol. The molecule has 0 aliphatic carbocycles. The fourth-order valence-corrected chi connectivity index (χ4v) is 1.63. The molecule has 18 heavy (non-hydrogen) atoms. The number of rotatable bonds is 6. The molecule has 96 valence electrons. The van der Waals surface area contributed by atoms with Gasteiger partial charge in [0.1, 0.15) is 11.4 Å². The van der Waals surface area contributed by atoms with Gasteiger partial charge in [-0.15, -0.1) is 0 Å². The van der Waals surface area contributed by atoms with Gasteiger partial charge in [0.15, 0.2) is 0 Å². The summed E-state index contributed by atoms with van der Waals surface area (Å²) < 4.78 is 0. The van der Waals surface area contributed by atoms with Crippen molar-refractivity contribution in [3.05, 3.63) is 36.0 Å². The maximum atomic E-state index is 9.22. The highest BCUT2D eigenvalue weighted by Crippen LogP contribution is 2.18. The molecule has 0 amide bonds. The van der Waals surface area contributed by atoms with Gasteiger partial charge in [0.05, 0.1) is 12.7 Å². The van der Waals surface area contributed by atoms with Crippen LogP contribution in [0.1, 0.15) is 5.69 Å². The average Bonchev–Trinajstić information content (AvgIpc) is 2.88. The van der Waals surface area contributed by atoms with E-state index in [1.807, 2.05) is 30.3 Å². The van der Waals surface area contributed by atoms with E-state index in [2.05, 4.69) is 20.7 Å². The molecule has 0 fully saturated rings. The van der Waals surface area contributed by atoms with E-state index < -0.39 is 6.10 Å². The van der Waals surface area contributed by atoms with Gasteiger partial charge < -0.3 is 15.5 Å². The number of H-pyrrole nitrogens is 1. The fourth-order valence-electron chi connectivity index (χ4n) is 1.63. The molecule has 1 aromatic carbocycles. The summed E-state index contributed by atoms with van der Waals surface area (Å²) in [7, 11) is 0. The number of hydrogen-bond donors (Lipinski definition) is 4. The van der Waals surface area contributed by atoms with Gasteiger partial charge in [-0.2, -0.15) is 15.4 Å². The van der Waals surface area contributed by atoms with E-state index in [1.165, 1.54) is 0 Å². The number of hydrogen-bond acceptors (Lipinski definition) is 5. The Balaban J connectivity index is 2.00. The van der Waals surface area contributed by atoms with Gasteiger partial charge in [0.25, 0.3) is 0 Å². The minimum Gasteiger partial charge on any atom is -0.394 e. The first-order chi connectivity index (χ1) is 8.81. The topological polar surface area (TPSA) is 94.1 Å². The lowest BCUT2D eigenvalue weighted by Crippen LogP contribution is -2.29. The second-order valence-electron chi connectivity index (χ2n) is 3.95. The number of aliphatic hydroxyl groups excluding tert-OH is 2. The predicted octanol–water partition coefficient (Wildman–Crippen LogP) is -0.0855. The summed E-state index contributed by atoms with van der Waals surface area (Å²) in [6, 6.07) is 9.75. The Kier molecular flexibility index (Phi) is 4.40. The fraction of sp³-hybridized carbons (Fsp3) is 0.333. The molecular weight excluding hydrogens is 232 g/mol. The largest absolute Gasteiger partial charge is 0.394 e. The summed E-state index contributed by atoms with van der Waals surface area (Å²) in [5.41, 5.74) is 2.57. The van der Waals surface area contributed by atoms with Crippen LogP contribution >= 0.6 is 0 Å². The molecule has 0 saturated carbocycles. The Bertz CT molecular complexity index is 472. The lowest BCUT2D eigenvalue weighted by atomic mass is 10.1. The molecule has 2 aromatic rings. The Labute approximate surface area is 105 Å². The minimum atomic E-state index is -0.753. The van der Waals surface area contributed by atoms with Crippen LogP contribution in [0.3, 0.4) is 0 Å². The van der Waals surface area contributed by atoms with Crippen molar-refractivity contribution in [2.45, 2.75) is 12.6 Å². The molecule has 1 atom stereocenters. The highest BCUT2D eigenvalue weighted by atomic mass is 16.3. The molecule has 0 radical (unpaired) electrons. The first-order valence-electron chi connectivity index (χ1n) is 5.76. The van der Waals surface area contributed by atoms with E-state index in [1.54, 1.807) is 0 Å². The summed E-state index contributed by atoms with van der Waals surface area (Å²) in [5, 5.41) is 31.7. The second-order valence-corrected chi connectivity index (χ2v) is 3.95. The van der Waals surface area contributed by atoms with Crippen LogP contribution in [0.2, 0.25) is 0 Å². The standard InChI is InChI=1S/C12H16N4O2/c17-8-10(18)6-13-7-11-12(15-16-14-11)9-4-2-1-3-5-9/h1-5,10,13,17-18H,6-8H2,(H,14,15,16). The summed E-state index contributed by atoms with van der Waals surface area (Å²) in [6.45, 7) is 0.548. The zero-order valence-electron chi connectivity index (χ0n) is 9.87. The molecule has 1 heterocycles. The highest BCUT2D eigenvalue weighted by molar-refractivity contribution is 5.60. The van der Waals surface area contributed by atoms with Gasteiger partial charge in [-0.3, -0.25) is 0 Å². The first kappa shape index (κ1) is 12.7. The van der Waals surface area contributed by atoms with Crippen LogP contribution in [-0.2, 0) is 6.54 Å². The Morgan fingerprint density at radius 3 is 2.72 bits per heavy atom. The maximum absolute atomic E-state index is 9.22.